The molecule has 2 aromatic heterocycles. The number of benzene rings is 10. The van der Waals surface area contributed by atoms with Gasteiger partial charge in [-0.05, 0) is 137 Å². The Labute approximate surface area is 407 Å². The summed E-state index contributed by atoms with van der Waals surface area (Å²) in [6.45, 7) is 0. The van der Waals surface area contributed by atoms with Crippen LogP contribution in [0.4, 0.5) is 28.4 Å². The Morgan fingerprint density at radius 2 is 0.886 bits per heavy atom. The van der Waals surface area contributed by atoms with Crippen molar-refractivity contribution >= 4 is 72.2 Å². The molecule has 1 aliphatic carbocycles. The molecule has 10 aromatic carbocycles. The van der Waals surface area contributed by atoms with E-state index in [1.807, 2.05) is 12.1 Å². The largest absolute Gasteiger partial charge is 0.455 e. The molecule has 0 N–H and O–H groups in total. The van der Waals surface area contributed by atoms with E-state index >= 15 is 0 Å². The van der Waals surface area contributed by atoms with Crippen LogP contribution in [0.3, 0.4) is 0 Å². The standard InChI is InChI=1S/C66H47N3O/c1-5-16-51(17-6-1)67(52-18-7-2-8-19-52)55-36-28-46(29-37-55)49-34-42-63-61(44-49)62-45-50(47-30-38-56(39-31-47)68(53-20-9-3-10-21-53)54-22-11-4-12-23-54)35-43-64(62)69(63)57-40-32-48(33-41-57)58-25-15-26-60-59-24-13-14-27-65(59)70-66(58)60/h1-22,24-45,54H,23H2. The molecule has 4 nitrogen and oxygen atoms in total. The molecule has 0 fully saturated rings. The van der Waals surface area contributed by atoms with Gasteiger partial charge in [-0.3, -0.25) is 0 Å². The number of furan rings is 1. The van der Waals surface area contributed by atoms with Gasteiger partial charge in [0.2, 0.25) is 0 Å². The summed E-state index contributed by atoms with van der Waals surface area (Å²) in [7, 11) is 0. The number of hydrogen-bond acceptors (Lipinski definition) is 3. The van der Waals surface area contributed by atoms with Crippen LogP contribution < -0.4 is 9.80 Å². The molecular weight excluding hydrogens is 851 g/mol. The lowest BCUT2D eigenvalue weighted by Gasteiger charge is -2.32. The third-order valence-corrected chi connectivity index (χ3v) is 13.9. The molecule has 70 heavy (non-hydrogen) atoms. The van der Waals surface area contributed by atoms with Gasteiger partial charge in [0, 0.05) is 61.2 Å². The number of hydrogen-bond donors (Lipinski definition) is 0. The zero-order valence-electron chi connectivity index (χ0n) is 38.4. The Morgan fingerprint density at radius 3 is 1.49 bits per heavy atom. The van der Waals surface area contributed by atoms with Crippen molar-refractivity contribution < 1.29 is 4.42 Å². The van der Waals surface area contributed by atoms with Gasteiger partial charge >= 0.3 is 0 Å². The van der Waals surface area contributed by atoms with Crippen molar-refractivity contribution in [1.29, 1.82) is 0 Å². The Bertz CT molecular complexity index is 3850. The van der Waals surface area contributed by atoms with Crippen LogP contribution in [0.5, 0.6) is 0 Å². The third kappa shape index (κ3) is 7.34. The number of anilines is 5. The van der Waals surface area contributed by atoms with Crippen molar-refractivity contribution in [3.05, 3.63) is 267 Å². The van der Waals surface area contributed by atoms with Crippen molar-refractivity contribution in [3.8, 4) is 39.1 Å². The monoisotopic (exact) mass is 897 g/mol. The summed E-state index contributed by atoms with van der Waals surface area (Å²) in [5.74, 6) is 0. The first-order valence-corrected chi connectivity index (χ1v) is 24.1. The van der Waals surface area contributed by atoms with Crippen LogP contribution in [0.25, 0.3) is 82.8 Å². The van der Waals surface area contributed by atoms with Crippen molar-refractivity contribution in [3.63, 3.8) is 0 Å². The highest BCUT2D eigenvalue weighted by atomic mass is 16.3. The highest BCUT2D eigenvalue weighted by Gasteiger charge is 2.21. The molecule has 12 aromatic rings. The molecule has 0 radical (unpaired) electrons. The highest BCUT2D eigenvalue weighted by molar-refractivity contribution is 6.12. The fraction of sp³-hybridized carbons (Fsp3) is 0.0303. The van der Waals surface area contributed by atoms with Crippen LogP contribution >= 0.6 is 0 Å². The topological polar surface area (TPSA) is 24.6 Å². The van der Waals surface area contributed by atoms with Crippen molar-refractivity contribution in [1.82, 2.24) is 4.57 Å². The van der Waals surface area contributed by atoms with Crippen molar-refractivity contribution in [2.24, 2.45) is 0 Å². The van der Waals surface area contributed by atoms with Gasteiger partial charge in [-0.25, -0.2) is 0 Å². The molecule has 4 heteroatoms. The SMILES string of the molecule is C1=CCC(N(c2ccccc2)c2ccc(-c3ccc4c(c3)c3cc(-c5ccc(N(c6ccccc6)c6ccccc6)cc5)ccc3n4-c3ccc(-c4cccc5c4oc4ccccc45)cc3)cc2)C=C1. The number of fused-ring (bicyclic) bond motifs is 6. The van der Waals surface area contributed by atoms with Gasteiger partial charge in [-0.15, -0.1) is 0 Å². The summed E-state index contributed by atoms with van der Waals surface area (Å²) in [6.07, 6.45) is 9.81. The van der Waals surface area contributed by atoms with E-state index in [0.29, 0.717) is 0 Å². The molecule has 0 amide bonds. The zero-order chi connectivity index (χ0) is 46.4. The van der Waals surface area contributed by atoms with Crippen LogP contribution in [-0.2, 0) is 0 Å². The minimum atomic E-state index is 0.242. The molecular formula is C66H47N3O. The maximum atomic E-state index is 6.46. The van der Waals surface area contributed by atoms with E-state index < -0.39 is 0 Å². The number of nitrogens with zero attached hydrogens (tertiary/aromatic N) is 3. The molecule has 0 saturated carbocycles. The molecule has 0 aliphatic heterocycles. The Kier molecular flexibility index (Phi) is 10.3. The average Bonchev–Trinajstić information content (AvgIpc) is 3.98. The van der Waals surface area contributed by atoms with Gasteiger partial charge in [0.1, 0.15) is 11.2 Å². The molecule has 0 spiro atoms. The number of para-hydroxylation sites is 5. The second-order valence-electron chi connectivity index (χ2n) is 18.0. The van der Waals surface area contributed by atoms with E-state index in [9.17, 15) is 0 Å². The molecule has 2 heterocycles. The Morgan fingerprint density at radius 1 is 0.386 bits per heavy atom. The van der Waals surface area contributed by atoms with E-state index in [2.05, 4.69) is 269 Å². The van der Waals surface area contributed by atoms with Gasteiger partial charge in [-0.2, -0.15) is 0 Å². The van der Waals surface area contributed by atoms with E-state index in [-0.39, 0.29) is 6.04 Å². The second kappa shape index (κ2) is 17.5. The Hall–Kier alpha value is -9.12. The van der Waals surface area contributed by atoms with E-state index in [1.165, 1.54) is 38.8 Å². The van der Waals surface area contributed by atoms with Crippen LogP contribution in [0.2, 0.25) is 0 Å². The van der Waals surface area contributed by atoms with Gasteiger partial charge in [0.05, 0.1) is 17.1 Å². The maximum absolute atomic E-state index is 6.46. The Balaban J connectivity index is 0.909. The molecule has 332 valence electrons. The predicted octanol–water partition coefficient (Wildman–Crippen LogP) is 18.2. The highest BCUT2D eigenvalue weighted by Crippen LogP contribution is 2.41. The van der Waals surface area contributed by atoms with Gasteiger partial charge in [-0.1, -0.05) is 164 Å². The molecule has 0 bridgehead atoms. The smallest absolute Gasteiger partial charge is 0.143 e. The molecule has 1 aliphatic rings. The normalized spacial score (nSPS) is 13.4. The average molecular weight is 898 g/mol. The summed E-state index contributed by atoms with van der Waals surface area (Å²) in [5.41, 5.74) is 17.8. The number of rotatable bonds is 10. The summed E-state index contributed by atoms with van der Waals surface area (Å²) < 4.78 is 8.87. The molecule has 1 unspecified atom stereocenters. The van der Waals surface area contributed by atoms with Crippen LogP contribution in [0, 0.1) is 0 Å². The lowest BCUT2D eigenvalue weighted by atomic mass is 9.99. The van der Waals surface area contributed by atoms with E-state index in [0.717, 1.165) is 78.8 Å². The molecule has 13 rings (SSSR count). The fourth-order valence-electron chi connectivity index (χ4n) is 10.5. The van der Waals surface area contributed by atoms with Crippen LogP contribution in [0.15, 0.2) is 271 Å². The number of aromatic nitrogens is 1. The zero-order valence-corrected chi connectivity index (χ0v) is 38.4. The first-order valence-electron chi connectivity index (χ1n) is 24.1. The van der Waals surface area contributed by atoms with Crippen LogP contribution in [-0.4, -0.2) is 10.6 Å². The van der Waals surface area contributed by atoms with Gasteiger partial charge < -0.3 is 18.8 Å². The molecule has 0 saturated heterocycles. The summed E-state index contributed by atoms with van der Waals surface area (Å²) in [4.78, 5) is 4.75. The van der Waals surface area contributed by atoms with E-state index in [4.69, 9.17) is 4.42 Å². The quantitative estimate of drug-likeness (QED) is 0.137. The maximum Gasteiger partial charge on any atom is 0.143 e. The first-order chi connectivity index (χ1) is 34.7. The third-order valence-electron chi connectivity index (χ3n) is 13.9. The first kappa shape index (κ1) is 41.1. The van der Waals surface area contributed by atoms with Crippen LogP contribution in [0.1, 0.15) is 6.42 Å². The fourth-order valence-corrected chi connectivity index (χ4v) is 10.5. The minimum Gasteiger partial charge on any atom is -0.455 e. The number of allylic oxidation sites excluding steroid dienone is 2. The summed E-state index contributed by atoms with van der Waals surface area (Å²) in [5, 5.41) is 4.67. The lowest BCUT2D eigenvalue weighted by molar-refractivity contribution is 0.670. The lowest BCUT2D eigenvalue weighted by Crippen LogP contribution is -2.29. The van der Waals surface area contributed by atoms with Crippen molar-refractivity contribution in [2.75, 3.05) is 9.80 Å². The van der Waals surface area contributed by atoms with Gasteiger partial charge in [0.25, 0.3) is 0 Å². The van der Waals surface area contributed by atoms with Crippen molar-refractivity contribution in [2.45, 2.75) is 12.5 Å². The molecule has 1 atom stereocenters. The summed E-state index contributed by atoms with van der Waals surface area (Å²) >= 11 is 0. The summed E-state index contributed by atoms with van der Waals surface area (Å²) in [6, 6.07) is 87.7. The predicted molar refractivity (Wildman–Crippen MR) is 294 cm³/mol. The van der Waals surface area contributed by atoms with Gasteiger partial charge in [0.15, 0.2) is 0 Å². The van der Waals surface area contributed by atoms with E-state index in [1.54, 1.807) is 0 Å². The second-order valence-corrected chi connectivity index (χ2v) is 18.0. The minimum absolute atomic E-state index is 0.242.